The van der Waals surface area contributed by atoms with E-state index in [1.54, 1.807) is 0 Å². The molecule has 0 radical (unpaired) electrons. The third-order valence-corrected chi connectivity index (χ3v) is 7.27. The van der Waals surface area contributed by atoms with Crippen LogP contribution in [0.5, 0.6) is 0 Å². The monoisotopic (exact) mass is 287 g/mol. The number of fused-ring (bicyclic) bond motifs is 1. The van der Waals surface area contributed by atoms with Gasteiger partial charge in [-0.3, -0.25) is 4.79 Å². The fraction of sp³-hybridized carbons (Fsp3) is 0.923. The van der Waals surface area contributed by atoms with Gasteiger partial charge in [-0.05, 0) is 44.4 Å². The highest BCUT2D eigenvalue weighted by Crippen LogP contribution is 2.43. The largest absolute Gasteiger partial charge is 0.480 e. The number of piperidine rings is 1. The molecule has 1 heterocycles. The van der Waals surface area contributed by atoms with E-state index in [-0.39, 0.29) is 11.3 Å². The average Bonchev–Trinajstić information content (AvgIpc) is 3.21. The van der Waals surface area contributed by atoms with Gasteiger partial charge in [0.25, 0.3) is 0 Å². The Bertz CT molecular complexity index is 471. The first kappa shape index (κ1) is 13.4. The summed E-state index contributed by atoms with van der Waals surface area (Å²) in [5.74, 6) is -0.605. The zero-order chi connectivity index (χ0) is 13.6. The summed E-state index contributed by atoms with van der Waals surface area (Å²) in [6.07, 6.45) is 6.78. The van der Waals surface area contributed by atoms with Gasteiger partial charge in [-0.2, -0.15) is 4.31 Å². The lowest BCUT2D eigenvalue weighted by Crippen LogP contribution is -2.58. The van der Waals surface area contributed by atoms with E-state index < -0.39 is 22.0 Å². The maximum atomic E-state index is 12.6. The molecule has 2 saturated carbocycles. The molecule has 1 saturated heterocycles. The Morgan fingerprint density at radius 1 is 1.00 bits per heavy atom. The number of carboxylic acids is 1. The summed E-state index contributed by atoms with van der Waals surface area (Å²) < 4.78 is 26.6. The van der Waals surface area contributed by atoms with Crippen molar-refractivity contribution < 1.29 is 18.3 Å². The van der Waals surface area contributed by atoms with Crippen LogP contribution >= 0.6 is 0 Å². The van der Waals surface area contributed by atoms with Gasteiger partial charge in [-0.25, -0.2) is 8.42 Å². The van der Waals surface area contributed by atoms with Crippen molar-refractivity contribution in [3.05, 3.63) is 0 Å². The molecular formula is C13H21NO4S. The Balaban J connectivity index is 1.94. The van der Waals surface area contributed by atoms with Crippen LogP contribution in [0.3, 0.4) is 0 Å². The van der Waals surface area contributed by atoms with Crippen LogP contribution in [0.4, 0.5) is 0 Å². The van der Waals surface area contributed by atoms with Crippen LogP contribution in [0.25, 0.3) is 0 Å². The quantitative estimate of drug-likeness (QED) is 0.855. The molecule has 0 bridgehead atoms. The van der Waals surface area contributed by atoms with Crippen molar-refractivity contribution in [2.75, 3.05) is 0 Å². The minimum Gasteiger partial charge on any atom is -0.480 e. The molecule has 3 fully saturated rings. The lowest BCUT2D eigenvalue weighted by atomic mass is 9.78. The molecular weight excluding hydrogens is 266 g/mol. The number of carboxylic acid groups (broad SMARTS) is 1. The second kappa shape index (κ2) is 4.74. The van der Waals surface area contributed by atoms with E-state index in [9.17, 15) is 18.3 Å². The number of hydrogen-bond donors (Lipinski definition) is 1. The van der Waals surface area contributed by atoms with Gasteiger partial charge in [-0.1, -0.05) is 12.8 Å². The molecule has 1 N–H and O–H groups in total. The fourth-order valence-corrected chi connectivity index (χ4v) is 6.01. The standard InChI is InChI=1S/C13H21NO4S/c15-13(16)12-8-5-9-3-1-2-4-11(9)14(12)19(17,18)10-6-7-10/h9-12H,1-8H2,(H,15,16). The van der Waals surface area contributed by atoms with E-state index in [0.29, 0.717) is 25.2 Å². The van der Waals surface area contributed by atoms with E-state index in [1.807, 2.05) is 0 Å². The van der Waals surface area contributed by atoms with Crippen LogP contribution in [-0.4, -0.2) is 41.1 Å². The molecule has 3 atom stereocenters. The Labute approximate surface area is 114 Å². The third-order valence-electron chi connectivity index (χ3n) is 4.84. The first-order valence-electron chi connectivity index (χ1n) is 7.27. The van der Waals surface area contributed by atoms with Crippen molar-refractivity contribution in [2.45, 2.75) is 68.7 Å². The van der Waals surface area contributed by atoms with Gasteiger partial charge >= 0.3 is 5.97 Å². The molecule has 0 spiro atoms. The average molecular weight is 287 g/mol. The molecule has 2 aliphatic carbocycles. The smallest absolute Gasteiger partial charge is 0.322 e. The van der Waals surface area contributed by atoms with E-state index in [0.717, 1.165) is 32.1 Å². The maximum Gasteiger partial charge on any atom is 0.322 e. The summed E-state index contributed by atoms with van der Waals surface area (Å²) in [6.45, 7) is 0. The zero-order valence-electron chi connectivity index (χ0n) is 11.0. The van der Waals surface area contributed by atoms with Gasteiger partial charge in [-0.15, -0.1) is 0 Å². The normalized spacial score (nSPS) is 36.7. The second-order valence-corrected chi connectivity index (χ2v) is 8.24. The van der Waals surface area contributed by atoms with Crippen LogP contribution in [0.15, 0.2) is 0 Å². The van der Waals surface area contributed by atoms with Gasteiger partial charge < -0.3 is 5.11 Å². The molecule has 108 valence electrons. The molecule has 5 nitrogen and oxygen atoms in total. The zero-order valence-corrected chi connectivity index (χ0v) is 11.8. The molecule has 3 rings (SSSR count). The number of sulfonamides is 1. The van der Waals surface area contributed by atoms with Crippen molar-refractivity contribution >= 4 is 16.0 Å². The predicted octanol–water partition coefficient (Wildman–Crippen LogP) is 1.59. The lowest BCUT2D eigenvalue weighted by Gasteiger charge is -2.46. The van der Waals surface area contributed by atoms with Crippen molar-refractivity contribution in [3.63, 3.8) is 0 Å². The second-order valence-electron chi connectivity index (χ2n) is 6.12. The molecule has 6 heteroatoms. The summed E-state index contributed by atoms with van der Waals surface area (Å²) in [5.41, 5.74) is 0. The number of rotatable bonds is 3. The van der Waals surface area contributed by atoms with E-state index in [2.05, 4.69) is 0 Å². The third kappa shape index (κ3) is 2.29. The highest BCUT2D eigenvalue weighted by molar-refractivity contribution is 7.90. The number of nitrogens with zero attached hydrogens (tertiary/aromatic N) is 1. The van der Waals surface area contributed by atoms with Gasteiger partial charge in [0, 0.05) is 6.04 Å². The van der Waals surface area contributed by atoms with E-state index in [4.69, 9.17) is 0 Å². The molecule has 3 unspecified atom stereocenters. The highest BCUT2D eigenvalue weighted by atomic mass is 32.2. The molecule has 0 aromatic rings. The summed E-state index contributed by atoms with van der Waals surface area (Å²) in [4.78, 5) is 11.4. The van der Waals surface area contributed by atoms with Crippen LogP contribution in [0, 0.1) is 5.92 Å². The molecule has 3 aliphatic rings. The number of carbonyl (C=O) groups is 1. The van der Waals surface area contributed by atoms with Crippen molar-refractivity contribution in [3.8, 4) is 0 Å². The first-order valence-corrected chi connectivity index (χ1v) is 8.77. The van der Waals surface area contributed by atoms with Crippen molar-refractivity contribution in [1.82, 2.24) is 4.31 Å². The van der Waals surface area contributed by atoms with Gasteiger partial charge in [0.05, 0.1) is 5.25 Å². The van der Waals surface area contributed by atoms with Crippen LogP contribution < -0.4 is 0 Å². The Morgan fingerprint density at radius 2 is 1.68 bits per heavy atom. The molecule has 19 heavy (non-hydrogen) atoms. The van der Waals surface area contributed by atoms with Crippen molar-refractivity contribution in [1.29, 1.82) is 0 Å². The van der Waals surface area contributed by atoms with E-state index in [1.165, 1.54) is 4.31 Å². The SMILES string of the molecule is O=C(O)C1CCC2CCCCC2N1S(=O)(=O)C1CC1. The van der Waals surface area contributed by atoms with Gasteiger partial charge in [0.2, 0.25) is 10.0 Å². The van der Waals surface area contributed by atoms with Crippen LogP contribution in [-0.2, 0) is 14.8 Å². The molecule has 0 aromatic heterocycles. The van der Waals surface area contributed by atoms with Crippen molar-refractivity contribution in [2.24, 2.45) is 5.92 Å². The highest BCUT2D eigenvalue weighted by Gasteiger charge is 2.51. The Hall–Kier alpha value is -0.620. The summed E-state index contributed by atoms with van der Waals surface area (Å²) in [5, 5.41) is 9.05. The maximum absolute atomic E-state index is 12.6. The number of aliphatic carboxylic acids is 1. The Morgan fingerprint density at radius 3 is 2.32 bits per heavy atom. The molecule has 0 amide bonds. The van der Waals surface area contributed by atoms with Gasteiger partial charge in [0.1, 0.15) is 6.04 Å². The first-order chi connectivity index (χ1) is 9.01. The molecule has 1 aliphatic heterocycles. The fourth-order valence-electron chi connectivity index (χ4n) is 3.73. The van der Waals surface area contributed by atoms with Gasteiger partial charge in [0.15, 0.2) is 0 Å². The predicted molar refractivity (Wildman–Crippen MR) is 70.2 cm³/mol. The lowest BCUT2D eigenvalue weighted by molar-refractivity contribution is -0.144. The minimum absolute atomic E-state index is 0.0609. The summed E-state index contributed by atoms with van der Waals surface area (Å²) in [6, 6.07) is -0.890. The van der Waals surface area contributed by atoms with Crippen LogP contribution in [0.1, 0.15) is 51.4 Å². The summed E-state index contributed by atoms with van der Waals surface area (Å²) >= 11 is 0. The Kier molecular flexibility index (Phi) is 3.33. The minimum atomic E-state index is -3.40. The van der Waals surface area contributed by atoms with E-state index >= 15 is 0 Å². The van der Waals surface area contributed by atoms with Crippen LogP contribution in [0.2, 0.25) is 0 Å². The topological polar surface area (TPSA) is 74.7 Å². The molecule has 0 aromatic carbocycles. The summed E-state index contributed by atoms with van der Waals surface area (Å²) in [7, 11) is -3.40. The number of hydrogen-bond acceptors (Lipinski definition) is 3.